The Hall–Kier alpha value is -2.23. The zero-order valence-corrected chi connectivity index (χ0v) is 16.1. The van der Waals surface area contributed by atoms with Crippen molar-refractivity contribution in [1.29, 1.82) is 0 Å². The molecular weight excluding hydrogens is 314 g/mol. The Morgan fingerprint density at radius 3 is 1.70 bits per heavy atom. The number of hydrogen-bond acceptors (Lipinski definition) is 7. The zero-order chi connectivity index (χ0) is 18.1. The smallest absolute Gasteiger partial charge is 0.221 e. The molecule has 0 saturated carbocycles. The molecule has 0 atom stereocenters. The van der Waals surface area contributed by atoms with Crippen LogP contribution in [-0.4, -0.2) is 39.7 Å². The third kappa shape index (κ3) is 13.2. The average molecular weight is 342 g/mol. The van der Waals surface area contributed by atoms with Crippen LogP contribution >= 0.6 is 11.5 Å². The lowest BCUT2D eigenvalue weighted by Crippen LogP contribution is -2.32. The van der Waals surface area contributed by atoms with Gasteiger partial charge in [0.15, 0.2) is 16.7 Å². The highest BCUT2D eigenvalue weighted by atomic mass is 32.1. The minimum Gasteiger partial charge on any atom is -0.256 e. The minimum absolute atomic E-state index is 1.13. The zero-order valence-electron chi connectivity index (χ0n) is 15.2. The van der Waals surface area contributed by atoms with Crippen LogP contribution in [0.1, 0.15) is 32.7 Å². The van der Waals surface area contributed by atoms with Gasteiger partial charge in [0.1, 0.15) is 11.5 Å². The molecular formula is C13H28N9S+. The summed E-state index contributed by atoms with van der Waals surface area (Å²) in [5.41, 5.74) is 0. The standard InChI is InChI=1S/C3H6N3S.2C3H5N3.2C2H6/c1-3-6(2)4-5-7-3;1-6-3-2-4-5-6;1-6-4-2-3-5-6;2*1-2/h1-2H3;2*2-3H,1H3;2*1-2H3/q+1;;;;. The van der Waals surface area contributed by atoms with Crippen LogP contribution in [-0.2, 0) is 21.1 Å². The summed E-state index contributed by atoms with van der Waals surface area (Å²) in [5.74, 6) is 0. The third-order valence-corrected chi connectivity index (χ3v) is 2.56. The number of rotatable bonds is 0. The van der Waals surface area contributed by atoms with Crippen molar-refractivity contribution in [2.24, 2.45) is 21.1 Å². The monoisotopic (exact) mass is 342 g/mol. The highest BCUT2D eigenvalue weighted by molar-refractivity contribution is 7.04. The molecule has 0 radical (unpaired) electrons. The molecule has 0 fully saturated rings. The van der Waals surface area contributed by atoms with Crippen LogP contribution in [0, 0.1) is 6.92 Å². The molecule has 0 amide bonds. The van der Waals surface area contributed by atoms with E-state index < -0.39 is 0 Å². The Balaban J connectivity index is 0. The first kappa shape index (κ1) is 23.0. The molecule has 0 saturated heterocycles. The van der Waals surface area contributed by atoms with Gasteiger partial charge in [-0.1, -0.05) is 32.9 Å². The molecule has 0 aliphatic rings. The lowest BCUT2D eigenvalue weighted by atomic mass is 10.8. The van der Waals surface area contributed by atoms with Crippen molar-refractivity contribution in [3.8, 4) is 0 Å². The maximum atomic E-state index is 3.72. The summed E-state index contributed by atoms with van der Waals surface area (Å²) in [6.07, 6.45) is 6.69. The third-order valence-electron chi connectivity index (χ3n) is 1.88. The molecule has 0 aliphatic carbocycles. The van der Waals surface area contributed by atoms with E-state index in [9.17, 15) is 0 Å². The second-order valence-corrected chi connectivity index (χ2v) is 4.34. The van der Waals surface area contributed by atoms with Crippen LogP contribution in [0.4, 0.5) is 0 Å². The molecule has 0 N–H and O–H groups in total. The van der Waals surface area contributed by atoms with Crippen LogP contribution in [0.25, 0.3) is 0 Å². The second-order valence-electron chi connectivity index (χ2n) is 3.40. The molecule has 0 bridgehead atoms. The fraction of sp³-hybridized carbons (Fsp3) is 0.615. The van der Waals surface area contributed by atoms with Crippen LogP contribution < -0.4 is 4.68 Å². The Bertz CT molecular complexity index is 497. The predicted octanol–water partition coefficient (Wildman–Crippen LogP) is 1.35. The molecule has 3 aromatic heterocycles. The number of aryl methyl sites for hydroxylation is 4. The van der Waals surface area contributed by atoms with Crippen LogP contribution in [0.3, 0.4) is 0 Å². The van der Waals surface area contributed by atoms with Crippen molar-refractivity contribution in [3.05, 3.63) is 29.8 Å². The average Bonchev–Trinajstić information content (AvgIpc) is 3.32. The summed E-state index contributed by atoms with van der Waals surface area (Å²) in [7, 11) is 5.48. The summed E-state index contributed by atoms with van der Waals surface area (Å²) in [6.45, 7) is 9.98. The fourth-order valence-corrected chi connectivity index (χ4v) is 1.22. The number of aromatic nitrogens is 9. The minimum atomic E-state index is 1.13. The quantitative estimate of drug-likeness (QED) is 0.573. The molecule has 0 aromatic carbocycles. The molecule has 0 aliphatic heterocycles. The van der Waals surface area contributed by atoms with Gasteiger partial charge in [-0.2, -0.15) is 15.0 Å². The Morgan fingerprint density at radius 2 is 1.57 bits per heavy atom. The Morgan fingerprint density at radius 1 is 1.00 bits per heavy atom. The lowest BCUT2D eigenvalue weighted by molar-refractivity contribution is -0.734. The largest absolute Gasteiger partial charge is 0.256 e. The summed E-state index contributed by atoms with van der Waals surface area (Å²) in [4.78, 5) is 1.50. The highest BCUT2D eigenvalue weighted by Gasteiger charge is 2.00. The normalized spacial score (nSPS) is 8.00. The van der Waals surface area contributed by atoms with Gasteiger partial charge in [-0.25, -0.2) is 0 Å². The van der Waals surface area contributed by atoms with E-state index in [0.717, 1.165) is 5.01 Å². The Labute approximate surface area is 142 Å². The first-order valence-electron chi connectivity index (χ1n) is 7.35. The van der Waals surface area contributed by atoms with E-state index in [1.54, 1.807) is 41.2 Å². The van der Waals surface area contributed by atoms with Gasteiger partial charge in [0.25, 0.3) is 0 Å². The van der Waals surface area contributed by atoms with Crippen LogP contribution in [0.5, 0.6) is 0 Å². The number of hydrogen-bond donors (Lipinski definition) is 0. The van der Waals surface area contributed by atoms with Crippen molar-refractivity contribution < 1.29 is 4.68 Å². The highest BCUT2D eigenvalue weighted by Crippen LogP contribution is 1.87. The SMILES string of the molecule is CC.CC.Cc1snn[n+]1C.Cn1ccnn1.Cn1nccn1. The van der Waals surface area contributed by atoms with Crippen molar-refractivity contribution in [2.45, 2.75) is 34.6 Å². The van der Waals surface area contributed by atoms with Gasteiger partial charge >= 0.3 is 0 Å². The molecule has 3 rings (SSSR count). The maximum absolute atomic E-state index is 3.72. The van der Waals surface area contributed by atoms with E-state index >= 15 is 0 Å². The van der Waals surface area contributed by atoms with E-state index in [1.807, 2.05) is 48.7 Å². The molecule has 3 heterocycles. The van der Waals surface area contributed by atoms with Gasteiger partial charge in [-0.05, 0) is 0 Å². The first-order valence-corrected chi connectivity index (χ1v) is 8.12. The lowest BCUT2D eigenvalue weighted by Gasteiger charge is -1.75. The van der Waals surface area contributed by atoms with E-state index in [1.165, 1.54) is 16.3 Å². The van der Waals surface area contributed by atoms with Crippen molar-refractivity contribution >= 4 is 11.5 Å². The topological polar surface area (TPSA) is 91.1 Å². The number of nitrogens with zero attached hydrogens (tertiary/aromatic N) is 9. The second kappa shape index (κ2) is 16.1. The van der Waals surface area contributed by atoms with E-state index in [4.69, 9.17) is 0 Å². The van der Waals surface area contributed by atoms with E-state index in [-0.39, 0.29) is 0 Å². The van der Waals surface area contributed by atoms with Crippen LogP contribution in [0.15, 0.2) is 24.8 Å². The fourth-order valence-electron chi connectivity index (χ4n) is 0.804. The molecule has 130 valence electrons. The van der Waals surface area contributed by atoms with E-state index in [2.05, 4.69) is 30.2 Å². The van der Waals surface area contributed by atoms with Gasteiger partial charge < -0.3 is 0 Å². The molecule has 10 heteroatoms. The molecule has 0 unspecified atom stereocenters. The predicted molar refractivity (Wildman–Crippen MR) is 90.5 cm³/mol. The summed E-state index contributed by atoms with van der Waals surface area (Å²) in [5, 5.41) is 19.4. The molecule has 0 spiro atoms. The summed E-state index contributed by atoms with van der Waals surface area (Å²) in [6, 6.07) is 0. The molecule has 3 aromatic rings. The van der Waals surface area contributed by atoms with Gasteiger partial charge in [0, 0.05) is 27.2 Å². The van der Waals surface area contributed by atoms with Crippen molar-refractivity contribution in [1.82, 2.24) is 39.7 Å². The maximum Gasteiger partial charge on any atom is 0.221 e. The van der Waals surface area contributed by atoms with Gasteiger partial charge in [-0.3, -0.25) is 4.68 Å². The molecule has 23 heavy (non-hydrogen) atoms. The molecule has 9 nitrogen and oxygen atoms in total. The first-order chi connectivity index (χ1) is 11.1. The van der Waals surface area contributed by atoms with Gasteiger partial charge in [-0.15, -0.1) is 9.78 Å². The van der Waals surface area contributed by atoms with E-state index in [0.29, 0.717) is 0 Å². The van der Waals surface area contributed by atoms with Crippen molar-refractivity contribution in [3.63, 3.8) is 0 Å². The Kier molecular flexibility index (Phi) is 16.2. The summed E-state index contributed by atoms with van der Waals surface area (Å²) >= 11 is 1.41. The van der Waals surface area contributed by atoms with Crippen LogP contribution in [0.2, 0.25) is 0 Å². The van der Waals surface area contributed by atoms with Gasteiger partial charge in [0.05, 0.1) is 18.6 Å². The summed E-state index contributed by atoms with van der Waals surface area (Å²) < 4.78 is 7.06. The van der Waals surface area contributed by atoms with Crippen molar-refractivity contribution in [2.75, 3.05) is 0 Å². The van der Waals surface area contributed by atoms with Gasteiger partial charge in [0.2, 0.25) is 5.01 Å².